The second-order valence-corrected chi connectivity index (χ2v) is 6.90. The lowest BCUT2D eigenvalue weighted by Crippen LogP contribution is -2.21. The number of hydrogen-bond donors (Lipinski definition) is 2. The quantitative estimate of drug-likeness (QED) is 0.257. The Morgan fingerprint density at radius 1 is 1.19 bits per heavy atom. The first kappa shape index (κ1) is 20.5. The number of hydrogen-bond acceptors (Lipinski definition) is 8. The first-order chi connectivity index (χ1) is 15.5. The molecule has 3 aromatic heterocycles. The third kappa shape index (κ3) is 3.72. The molecule has 0 spiro atoms. The molecule has 0 bridgehead atoms. The lowest BCUT2D eigenvalue weighted by Gasteiger charge is -2.07. The molecule has 0 aliphatic rings. The molecule has 4 aromatic rings. The monoisotopic (exact) mass is 430 g/mol. The van der Waals surface area contributed by atoms with E-state index >= 15 is 0 Å². The Morgan fingerprint density at radius 3 is 2.66 bits per heavy atom. The van der Waals surface area contributed by atoms with Crippen LogP contribution in [-0.4, -0.2) is 30.6 Å². The van der Waals surface area contributed by atoms with Crippen LogP contribution in [0.15, 0.2) is 59.5 Å². The molecule has 3 heterocycles. The van der Waals surface area contributed by atoms with Crippen molar-refractivity contribution < 1.29 is 4.92 Å². The molecule has 0 unspecified atom stereocenters. The highest BCUT2D eigenvalue weighted by atomic mass is 16.6. The Hall–Kier alpha value is -4.72. The summed E-state index contributed by atoms with van der Waals surface area (Å²) >= 11 is 0. The number of anilines is 2. The van der Waals surface area contributed by atoms with E-state index < -0.39 is 16.2 Å². The van der Waals surface area contributed by atoms with Crippen LogP contribution in [0.5, 0.6) is 0 Å². The molecule has 0 fully saturated rings. The van der Waals surface area contributed by atoms with Gasteiger partial charge in [0.1, 0.15) is 23.1 Å². The molecule has 1 aromatic carbocycles. The van der Waals surface area contributed by atoms with Crippen LogP contribution >= 0.6 is 0 Å². The number of nitro groups is 1. The summed E-state index contributed by atoms with van der Waals surface area (Å²) in [6.07, 6.45) is 2.31. The maximum absolute atomic E-state index is 12.5. The zero-order valence-electron chi connectivity index (χ0n) is 16.8. The Morgan fingerprint density at radius 2 is 1.94 bits per heavy atom. The zero-order valence-corrected chi connectivity index (χ0v) is 16.8. The molecule has 3 N–H and O–H groups in total. The Bertz CT molecular complexity index is 1400. The maximum atomic E-state index is 12.5. The summed E-state index contributed by atoms with van der Waals surface area (Å²) in [5.41, 5.74) is 6.58. The van der Waals surface area contributed by atoms with Gasteiger partial charge in [-0.2, -0.15) is 10.4 Å². The van der Waals surface area contributed by atoms with E-state index in [9.17, 15) is 20.2 Å². The van der Waals surface area contributed by atoms with Crippen LogP contribution < -0.4 is 16.6 Å². The van der Waals surface area contributed by atoms with E-state index in [1.165, 1.54) is 10.9 Å². The minimum Gasteiger partial charge on any atom is -0.382 e. The fraction of sp³-hybridized carbons (Fsp3) is 0.143. The summed E-state index contributed by atoms with van der Waals surface area (Å²) in [6.45, 7) is 0.277. The number of aryl methyl sites for hydroxylation is 1. The van der Waals surface area contributed by atoms with Crippen molar-refractivity contribution >= 4 is 23.0 Å². The maximum Gasteiger partial charge on any atom is 0.376 e. The molecule has 11 nitrogen and oxygen atoms in total. The molecule has 0 aliphatic carbocycles. The number of nitriles is 1. The topological polar surface area (TPSA) is 157 Å². The predicted octanol–water partition coefficient (Wildman–Crippen LogP) is 2.29. The molecule has 0 amide bonds. The van der Waals surface area contributed by atoms with Gasteiger partial charge in [0.15, 0.2) is 0 Å². The third-order valence-electron chi connectivity index (χ3n) is 4.88. The number of pyridine rings is 1. The number of benzene rings is 1. The van der Waals surface area contributed by atoms with E-state index in [2.05, 4.69) is 21.5 Å². The van der Waals surface area contributed by atoms with Gasteiger partial charge >= 0.3 is 11.2 Å². The van der Waals surface area contributed by atoms with Gasteiger partial charge in [0.25, 0.3) is 0 Å². The van der Waals surface area contributed by atoms with Crippen LogP contribution in [0.1, 0.15) is 17.7 Å². The fourth-order valence-corrected chi connectivity index (χ4v) is 3.37. The van der Waals surface area contributed by atoms with E-state index in [1.54, 1.807) is 18.2 Å². The van der Waals surface area contributed by atoms with Crippen molar-refractivity contribution in [3.05, 3.63) is 86.5 Å². The van der Waals surface area contributed by atoms with Crippen molar-refractivity contribution in [1.82, 2.24) is 19.2 Å². The molecular weight excluding hydrogens is 412 g/mol. The normalized spacial score (nSPS) is 10.7. The largest absolute Gasteiger partial charge is 0.382 e. The number of fused-ring (bicyclic) bond motifs is 1. The Labute approximate surface area is 181 Å². The molecule has 0 aliphatic heterocycles. The summed E-state index contributed by atoms with van der Waals surface area (Å²) in [7, 11) is 0. The van der Waals surface area contributed by atoms with Crippen LogP contribution in [0.3, 0.4) is 0 Å². The molecule has 32 heavy (non-hydrogen) atoms. The SMILES string of the molecule is N#Cc1c(CCCNc2nc3ccccn3c(=O)c2[N+](=O)[O-])nn(-c2ccccc2)c1N. The van der Waals surface area contributed by atoms with Gasteiger partial charge in [0.2, 0.25) is 5.82 Å². The van der Waals surface area contributed by atoms with Crippen molar-refractivity contribution in [1.29, 1.82) is 5.26 Å². The number of nitrogens with one attached hydrogen (secondary N) is 1. The van der Waals surface area contributed by atoms with Crippen LogP contribution in [0.4, 0.5) is 17.3 Å². The van der Waals surface area contributed by atoms with Crippen molar-refractivity contribution in [2.45, 2.75) is 12.8 Å². The van der Waals surface area contributed by atoms with Crippen LogP contribution in [-0.2, 0) is 6.42 Å². The van der Waals surface area contributed by atoms with Gasteiger partial charge in [-0.25, -0.2) is 9.67 Å². The fourth-order valence-electron chi connectivity index (χ4n) is 3.37. The van der Waals surface area contributed by atoms with Crippen molar-refractivity contribution in [2.75, 3.05) is 17.6 Å². The first-order valence-electron chi connectivity index (χ1n) is 9.74. The number of nitrogens with two attached hydrogens (primary N) is 1. The number of nitrogen functional groups attached to an aromatic ring is 1. The highest BCUT2D eigenvalue weighted by Crippen LogP contribution is 2.22. The van der Waals surface area contributed by atoms with E-state index in [4.69, 9.17) is 5.73 Å². The van der Waals surface area contributed by atoms with Gasteiger partial charge in [-0.15, -0.1) is 0 Å². The molecular formula is C21H18N8O3. The molecule has 11 heteroatoms. The van der Waals surface area contributed by atoms with Crippen molar-refractivity contribution in [3.8, 4) is 11.8 Å². The zero-order chi connectivity index (χ0) is 22.7. The summed E-state index contributed by atoms with van der Waals surface area (Å²) in [6, 6.07) is 16.2. The Kier molecular flexibility index (Phi) is 5.50. The molecule has 4 rings (SSSR count). The molecule has 0 radical (unpaired) electrons. The summed E-state index contributed by atoms with van der Waals surface area (Å²) in [5, 5.41) is 28.3. The lowest BCUT2D eigenvalue weighted by atomic mass is 10.1. The summed E-state index contributed by atoms with van der Waals surface area (Å²) in [5.74, 6) is 0.155. The van der Waals surface area contributed by atoms with Gasteiger partial charge in [0.05, 0.1) is 16.3 Å². The van der Waals surface area contributed by atoms with Gasteiger partial charge in [-0.3, -0.25) is 19.3 Å². The second kappa shape index (κ2) is 8.57. The van der Waals surface area contributed by atoms with Gasteiger partial charge in [-0.1, -0.05) is 24.3 Å². The summed E-state index contributed by atoms with van der Waals surface area (Å²) < 4.78 is 2.64. The van der Waals surface area contributed by atoms with Crippen molar-refractivity contribution in [3.63, 3.8) is 0 Å². The van der Waals surface area contributed by atoms with Gasteiger partial charge in [-0.05, 0) is 37.1 Å². The summed E-state index contributed by atoms with van der Waals surface area (Å²) in [4.78, 5) is 27.4. The third-order valence-corrected chi connectivity index (χ3v) is 4.88. The predicted molar refractivity (Wildman–Crippen MR) is 118 cm³/mol. The Balaban J connectivity index is 1.53. The van der Waals surface area contributed by atoms with E-state index in [-0.39, 0.29) is 18.2 Å². The lowest BCUT2D eigenvalue weighted by molar-refractivity contribution is -0.385. The van der Waals surface area contributed by atoms with Crippen LogP contribution in [0.25, 0.3) is 11.3 Å². The standard InChI is InChI=1S/C21H18N8O3/c22-13-15-16(26-28(19(15)23)14-7-2-1-3-8-14)9-6-11-24-20-18(29(31)32)21(30)27-12-5-4-10-17(27)25-20/h1-5,7-8,10,12,24H,6,9,11,23H2. The number of aromatic nitrogens is 4. The van der Waals surface area contributed by atoms with Gasteiger partial charge < -0.3 is 11.1 Å². The highest BCUT2D eigenvalue weighted by molar-refractivity contribution is 5.60. The average molecular weight is 430 g/mol. The second-order valence-electron chi connectivity index (χ2n) is 6.90. The van der Waals surface area contributed by atoms with Crippen LogP contribution in [0.2, 0.25) is 0 Å². The highest BCUT2D eigenvalue weighted by Gasteiger charge is 2.23. The molecule has 0 saturated carbocycles. The molecule has 0 atom stereocenters. The van der Waals surface area contributed by atoms with E-state index in [0.717, 1.165) is 10.1 Å². The van der Waals surface area contributed by atoms with Gasteiger partial charge in [0, 0.05) is 12.7 Å². The van der Waals surface area contributed by atoms with E-state index in [1.807, 2.05) is 30.3 Å². The first-order valence-corrected chi connectivity index (χ1v) is 9.74. The van der Waals surface area contributed by atoms with Crippen molar-refractivity contribution in [2.24, 2.45) is 0 Å². The average Bonchev–Trinajstić information content (AvgIpc) is 3.12. The van der Waals surface area contributed by atoms with E-state index in [0.29, 0.717) is 29.7 Å². The smallest absolute Gasteiger partial charge is 0.376 e. The molecule has 0 saturated heterocycles. The number of nitrogens with zero attached hydrogens (tertiary/aromatic N) is 6. The molecule has 160 valence electrons. The number of para-hydroxylation sites is 1. The number of rotatable bonds is 7. The minimum atomic E-state index is -0.760. The minimum absolute atomic E-state index is 0.0963. The van der Waals surface area contributed by atoms with Crippen LogP contribution in [0, 0.1) is 21.4 Å².